The van der Waals surface area contributed by atoms with Crippen LogP contribution in [-0.2, 0) is 4.79 Å². The summed E-state index contributed by atoms with van der Waals surface area (Å²) in [7, 11) is 0. The molecule has 1 heterocycles. The number of halogens is 2. The maximum atomic E-state index is 12.4. The Morgan fingerprint density at radius 2 is 1.57 bits per heavy atom. The molecule has 1 aliphatic rings. The normalized spacial score (nSPS) is 14.4. The molecular formula is C21H21Cl2N3O2. The van der Waals surface area contributed by atoms with Crippen molar-refractivity contribution in [1.29, 1.82) is 0 Å². The third-order valence-electron chi connectivity index (χ3n) is 4.54. The molecule has 7 heteroatoms. The van der Waals surface area contributed by atoms with Crippen LogP contribution in [0.3, 0.4) is 0 Å². The van der Waals surface area contributed by atoms with Gasteiger partial charge in [-0.25, -0.2) is 4.79 Å². The summed E-state index contributed by atoms with van der Waals surface area (Å²) in [6, 6.07) is 12.7. The Labute approximate surface area is 174 Å². The minimum Gasteiger partial charge on any atom is -0.336 e. The fraction of sp³-hybridized carbons (Fsp3) is 0.238. The van der Waals surface area contributed by atoms with Crippen molar-refractivity contribution in [2.24, 2.45) is 0 Å². The van der Waals surface area contributed by atoms with E-state index in [2.05, 4.69) is 5.32 Å². The van der Waals surface area contributed by atoms with Gasteiger partial charge >= 0.3 is 6.03 Å². The summed E-state index contributed by atoms with van der Waals surface area (Å²) in [4.78, 5) is 28.3. The molecule has 0 bridgehead atoms. The Morgan fingerprint density at radius 1 is 0.964 bits per heavy atom. The van der Waals surface area contributed by atoms with Crippen molar-refractivity contribution in [1.82, 2.24) is 9.80 Å². The minimum atomic E-state index is -0.156. The second-order valence-corrected chi connectivity index (χ2v) is 7.40. The number of hydrogen-bond donors (Lipinski definition) is 1. The Balaban J connectivity index is 1.54. The molecule has 0 aliphatic carbocycles. The smallest absolute Gasteiger partial charge is 0.321 e. The standard InChI is InChI=1S/C21H21Cl2N3O2/c1-15-4-2-5-16(14-15)24-21(28)26-12-10-25(11-13-26)20(27)9-8-17-18(22)6-3-7-19(17)23/h2-9,14H,10-13H2,1H3,(H,24,28)/b9-8+. The molecule has 0 aromatic heterocycles. The van der Waals surface area contributed by atoms with E-state index in [9.17, 15) is 9.59 Å². The highest BCUT2D eigenvalue weighted by atomic mass is 35.5. The van der Waals surface area contributed by atoms with E-state index in [1.807, 2.05) is 31.2 Å². The molecule has 2 aromatic rings. The lowest BCUT2D eigenvalue weighted by molar-refractivity contribution is -0.127. The van der Waals surface area contributed by atoms with Crippen LogP contribution in [0.4, 0.5) is 10.5 Å². The average molecular weight is 418 g/mol. The third-order valence-corrected chi connectivity index (χ3v) is 5.20. The topological polar surface area (TPSA) is 52.7 Å². The monoisotopic (exact) mass is 417 g/mol. The first-order valence-electron chi connectivity index (χ1n) is 8.97. The van der Waals surface area contributed by atoms with Gasteiger partial charge in [0, 0.05) is 53.6 Å². The molecule has 0 unspecified atom stereocenters. The van der Waals surface area contributed by atoms with Gasteiger partial charge in [0.05, 0.1) is 0 Å². The van der Waals surface area contributed by atoms with Crippen molar-refractivity contribution in [2.45, 2.75) is 6.92 Å². The first-order valence-corrected chi connectivity index (χ1v) is 9.73. The minimum absolute atomic E-state index is 0.130. The van der Waals surface area contributed by atoms with Crippen LogP contribution in [0.15, 0.2) is 48.5 Å². The van der Waals surface area contributed by atoms with E-state index in [-0.39, 0.29) is 11.9 Å². The zero-order valence-corrected chi connectivity index (χ0v) is 17.0. The predicted octanol–water partition coefficient (Wildman–Crippen LogP) is 4.69. The van der Waals surface area contributed by atoms with Gasteiger partial charge < -0.3 is 15.1 Å². The molecule has 0 atom stereocenters. The molecule has 0 saturated carbocycles. The number of nitrogens with one attached hydrogen (secondary N) is 1. The maximum Gasteiger partial charge on any atom is 0.321 e. The van der Waals surface area contributed by atoms with Crippen LogP contribution in [0, 0.1) is 6.92 Å². The molecule has 1 N–H and O–H groups in total. The number of piperazine rings is 1. The Kier molecular flexibility index (Phi) is 6.60. The van der Waals surface area contributed by atoms with Crippen molar-refractivity contribution in [3.05, 3.63) is 69.7 Å². The third kappa shape index (κ3) is 5.06. The molecule has 2 aromatic carbocycles. The molecule has 28 heavy (non-hydrogen) atoms. The average Bonchev–Trinajstić information content (AvgIpc) is 2.67. The summed E-state index contributed by atoms with van der Waals surface area (Å²) in [6.45, 7) is 3.87. The van der Waals surface area contributed by atoms with Crippen molar-refractivity contribution in [3.8, 4) is 0 Å². The summed E-state index contributed by atoms with van der Waals surface area (Å²) in [5, 5.41) is 3.89. The van der Waals surface area contributed by atoms with Gasteiger partial charge in [0.1, 0.15) is 0 Å². The van der Waals surface area contributed by atoms with Crippen molar-refractivity contribution < 1.29 is 9.59 Å². The van der Waals surface area contributed by atoms with Crippen LogP contribution < -0.4 is 5.32 Å². The molecule has 3 amide bonds. The van der Waals surface area contributed by atoms with E-state index in [1.165, 1.54) is 6.08 Å². The number of amides is 3. The zero-order chi connectivity index (χ0) is 20.1. The second-order valence-electron chi connectivity index (χ2n) is 6.58. The molecule has 146 valence electrons. The van der Waals surface area contributed by atoms with E-state index in [4.69, 9.17) is 23.2 Å². The molecule has 1 aliphatic heterocycles. The molecule has 0 radical (unpaired) electrons. The first-order chi connectivity index (χ1) is 13.4. The number of benzene rings is 2. The maximum absolute atomic E-state index is 12.4. The number of carbonyl (C=O) groups is 2. The summed E-state index contributed by atoms with van der Waals surface area (Å²) in [6.07, 6.45) is 3.10. The molecular weight excluding hydrogens is 397 g/mol. The van der Waals surface area contributed by atoms with Gasteiger partial charge in [0.25, 0.3) is 0 Å². The predicted molar refractivity (Wildman–Crippen MR) is 114 cm³/mol. The lowest BCUT2D eigenvalue weighted by Gasteiger charge is -2.34. The highest BCUT2D eigenvalue weighted by molar-refractivity contribution is 6.37. The fourth-order valence-electron chi connectivity index (χ4n) is 2.99. The summed E-state index contributed by atoms with van der Waals surface area (Å²) in [5.74, 6) is -0.130. The van der Waals surface area contributed by atoms with E-state index in [0.717, 1.165) is 11.3 Å². The highest BCUT2D eigenvalue weighted by Gasteiger charge is 2.23. The summed E-state index contributed by atoms with van der Waals surface area (Å²) < 4.78 is 0. The van der Waals surface area contributed by atoms with Crippen LogP contribution in [0.25, 0.3) is 6.08 Å². The second kappa shape index (κ2) is 9.13. The van der Waals surface area contributed by atoms with Crippen LogP contribution in [0.5, 0.6) is 0 Å². The van der Waals surface area contributed by atoms with Gasteiger partial charge in [0.2, 0.25) is 5.91 Å². The van der Waals surface area contributed by atoms with E-state index < -0.39 is 0 Å². The number of urea groups is 1. The lowest BCUT2D eigenvalue weighted by Crippen LogP contribution is -2.51. The van der Waals surface area contributed by atoms with E-state index in [0.29, 0.717) is 41.8 Å². The largest absolute Gasteiger partial charge is 0.336 e. The van der Waals surface area contributed by atoms with Crippen molar-refractivity contribution in [3.63, 3.8) is 0 Å². The van der Waals surface area contributed by atoms with Crippen molar-refractivity contribution in [2.75, 3.05) is 31.5 Å². The molecule has 5 nitrogen and oxygen atoms in total. The molecule has 1 saturated heterocycles. The van der Waals surface area contributed by atoms with Gasteiger partial charge in [-0.05, 0) is 42.8 Å². The molecule has 1 fully saturated rings. The van der Waals surface area contributed by atoms with Gasteiger partial charge in [-0.15, -0.1) is 0 Å². The Morgan fingerprint density at radius 3 is 2.21 bits per heavy atom. The quantitative estimate of drug-likeness (QED) is 0.736. The van der Waals surface area contributed by atoms with Gasteiger partial charge in [0.15, 0.2) is 0 Å². The van der Waals surface area contributed by atoms with Crippen LogP contribution in [-0.4, -0.2) is 47.9 Å². The number of aryl methyl sites for hydroxylation is 1. The van der Waals surface area contributed by atoms with Gasteiger partial charge in [-0.3, -0.25) is 4.79 Å². The SMILES string of the molecule is Cc1cccc(NC(=O)N2CCN(C(=O)/C=C/c3c(Cl)cccc3Cl)CC2)c1. The molecule has 0 spiro atoms. The first kappa shape index (κ1) is 20.2. The number of anilines is 1. The summed E-state index contributed by atoms with van der Waals surface area (Å²) in [5.41, 5.74) is 2.47. The number of rotatable bonds is 3. The molecule has 3 rings (SSSR count). The van der Waals surface area contributed by atoms with E-state index >= 15 is 0 Å². The highest BCUT2D eigenvalue weighted by Crippen LogP contribution is 2.25. The summed E-state index contributed by atoms with van der Waals surface area (Å²) >= 11 is 12.2. The Hall–Kier alpha value is -2.50. The van der Waals surface area contributed by atoms with E-state index in [1.54, 1.807) is 34.1 Å². The van der Waals surface area contributed by atoms with Crippen molar-refractivity contribution >= 4 is 46.9 Å². The van der Waals surface area contributed by atoms with Gasteiger partial charge in [-0.1, -0.05) is 41.4 Å². The number of nitrogens with zero attached hydrogens (tertiary/aromatic N) is 2. The van der Waals surface area contributed by atoms with Crippen LogP contribution in [0.1, 0.15) is 11.1 Å². The zero-order valence-electron chi connectivity index (χ0n) is 15.5. The van der Waals surface area contributed by atoms with Crippen LogP contribution in [0.2, 0.25) is 10.0 Å². The van der Waals surface area contributed by atoms with Crippen LogP contribution >= 0.6 is 23.2 Å². The van der Waals surface area contributed by atoms with Gasteiger partial charge in [-0.2, -0.15) is 0 Å². The fourth-order valence-corrected chi connectivity index (χ4v) is 3.51. The Bertz CT molecular complexity index is 886. The number of carbonyl (C=O) groups excluding carboxylic acids is 2. The lowest BCUT2D eigenvalue weighted by atomic mass is 10.2. The number of hydrogen-bond acceptors (Lipinski definition) is 2.